The van der Waals surface area contributed by atoms with Crippen LogP contribution in [0.3, 0.4) is 0 Å². The quantitative estimate of drug-likeness (QED) is 0.899. The standard InChI is InChI=1S/C15H18N2O2/c1-15(2,3)19-14(18)17-10-11-6-4-8-13-12(11)7-5-9-16-13/h4-9H,10H2,1-3H3,(H,17,18). The number of nitrogens with one attached hydrogen (secondary N) is 1. The zero-order chi connectivity index (χ0) is 13.9. The lowest BCUT2D eigenvalue weighted by Crippen LogP contribution is -2.32. The van der Waals surface area contributed by atoms with Crippen LogP contribution in [0.4, 0.5) is 4.79 Å². The highest BCUT2D eigenvalue weighted by Crippen LogP contribution is 2.16. The zero-order valence-electron chi connectivity index (χ0n) is 11.4. The van der Waals surface area contributed by atoms with Crippen LogP contribution < -0.4 is 5.32 Å². The lowest BCUT2D eigenvalue weighted by molar-refractivity contribution is 0.0524. The molecule has 0 aliphatic carbocycles. The molecular weight excluding hydrogens is 240 g/mol. The number of aromatic nitrogens is 1. The molecule has 19 heavy (non-hydrogen) atoms. The van der Waals surface area contributed by atoms with Gasteiger partial charge in [0, 0.05) is 18.1 Å². The Morgan fingerprint density at radius 3 is 2.79 bits per heavy atom. The average molecular weight is 258 g/mol. The van der Waals surface area contributed by atoms with Gasteiger partial charge in [0.1, 0.15) is 5.60 Å². The van der Waals surface area contributed by atoms with E-state index in [0.29, 0.717) is 6.54 Å². The molecule has 4 heteroatoms. The molecule has 0 saturated carbocycles. The van der Waals surface area contributed by atoms with Crippen molar-refractivity contribution < 1.29 is 9.53 Å². The maximum atomic E-state index is 11.6. The van der Waals surface area contributed by atoms with Gasteiger partial charge in [-0.25, -0.2) is 4.79 Å². The van der Waals surface area contributed by atoms with E-state index in [2.05, 4.69) is 10.3 Å². The normalized spacial score (nSPS) is 11.3. The molecule has 0 spiro atoms. The number of pyridine rings is 1. The summed E-state index contributed by atoms with van der Waals surface area (Å²) >= 11 is 0. The molecular formula is C15H18N2O2. The monoisotopic (exact) mass is 258 g/mol. The van der Waals surface area contributed by atoms with Gasteiger partial charge in [-0.05, 0) is 38.5 Å². The molecule has 1 aromatic heterocycles. The van der Waals surface area contributed by atoms with E-state index in [1.54, 1.807) is 6.20 Å². The van der Waals surface area contributed by atoms with E-state index in [4.69, 9.17) is 4.74 Å². The minimum atomic E-state index is -0.482. The first-order valence-electron chi connectivity index (χ1n) is 6.25. The molecule has 0 radical (unpaired) electrons. The second kappa shape index (κ2) is 5.26. The van der Waals surface area contributed by atoms with Crippen LogP contribution in [0.1, 0.15) is 26.3 Å². The summed E-state index contributed by atoms with van der Waals surface area (Å²) in [4.78, 5) is 15.9. The fourth-order valence-corrected chi connectivity index (χ4v) is 1.80. The number of rotatable bonds is 2. The maximum absolute atomic E-state index is 11.6. The Bertz CT molecular complexity index is 583. The van der Waals surface area contributed by atoms with Gasteiger partial charge >= 0.3 is 6.09 Å². The predicted molar refractivity (Wildman–Crippen MR) is 74.8 cm³/mol. The first-order valence-corrected chi connectivity index (χ1v) is 6.25. The SMILES string of the molecule is CC(C)(C)OC(=O)NCc1cccc2ncccc12. The number of amides is 1. The summed E-state index contributed by atoms with van der Waals surface area (Å²) in [6, 6.07) is 9.74. The van der Waals surface area contributed by atoms with Crippen molar-refractivity contribution in [2.75, 3.05) is 0 Å². The Labute approximate surface area is 112 Å². The number of benzene rings is 1. The minimum Gasteiger partial charge on any atom is -0.444 e. The van der Waals surface area contributed by atoms with Crippen LogP contribution in [0.25, 0.3) is 10.9 Å². The van der Waals surface area contributed by atoms with E-state index < -0.39 is 11.7 Å². The minimum absolute atomic E-state index is 0.409. The highest BCUT2D eigenvalue weighted by Gasteiger charge is 2.15. The topological polar surface area (TPSA) is 51.2 Å². The molecule has 1 aromatic carbocycles. The molecule has 0 aliphatic heterocycles. The number of carbonyl (C=O) groups is 1. The summed E-state index contributed by atoms with van der Waals surface area (Å²) in [5, 5.41) is 3.80. The average Bonchev–Trinajstić information content (AvgIpc) is 2.34. The molecule has 100 valence electrons. The molecule has 4 nitrogen and oxygen atoms in total. The largest absolute Gasteiger partial charge is 0.444 e. The van der Waals surface area contributed by atoms with Crippen molar-refractivity contribution in [1.29, 1.82) is 0 Å². The molecule has 2 aromatic rings. The molecule has 0 saturated heterocycles. The molecule has 1 amide bonds. The summed E-state index contributed by atoms with van der Waals surface area (Å²) in [5.74, 6) is 0. The van der Waals surface area contributed by atoms with Crippen LogP contribution in [0.15, 0.2) is 36.5 Å². The molecule has 0 atom stereocenters. The van der Waals surface area contributed by atoms with E-state index in [9.17, 15) is 4.79 Å². The fraction of sp³-hybridized carbons (Fsp3) is 0.333. The Kier molecular flexibility index (Phi) is 3.69. The van der Waals surface area contributed by atoms with Crippen molar-refractivity contribution in [3.05, 3.63) is 42.1 Å². The van der Waals surface area contributed by atoms with Gasteiger partial charge in [-0.1, -0.05) is 18.2 Å². The van der Waals surface area contributed by atoms with E-state index >= 15 is 0 Å². The van der Waals surface area contributed by atoms with Crippen molar-refractivity contribution in [2.24, 2.45) is 0 Å². The Hall–Kier alpha value is -2.10. The van der Waals surface area contributed by atoms with Gasteiger partial charge in [0.2, 0.25) is 0 Å². The van der Waals surface area contributed by atoms with Gasteiger partial charge in [-0.2, -0.15) is 0 Å². The number of hydrogen-bond donors (Lipinski definition) is 1. The van der Waals surface area contributed by atoms with Crippen LogP contribution in [0, 0.1) is 0 Å². The predicted octanol–water partition coefficient (Wildman–Crippen LogP) is 3.26. The van der Waals surface area contributed by atoms with Crippen LogP contribution >= 0.6 is 0 Å². The summed E-state index contributed by atoms with van der Waals surface area (Å²) in [6.45, 7) is 5.95. The number of ether oxygens (including phenoxy) is 1. The van der Waals surface area contributed by atoms with E-state index in [0.717, 1.165) is 16.5 Å². The Morgan fingerprint density at radius 2 is 2.05 bits per heavy atom. The van der Waals surface area contributed by atoms with E-state index in [1.165, 1.54) is 0 Å². The lowest BCUT2D eigenvalue weighted by atomic mass is 10.1. The third-order valence-corrected chi connectivity index (χ3v) is 2.56. The van der Waals surface area contributed by atoms with Crippen molar-refractivity contribution in [2.45, 2.75) is 32.9 Å². The first kappa shape index (κ1) is 13.3. The van der Waals surface area contributed by atoms with Crippen LogP contribution in [-0.4, -0.2) is 16.7 Å². The van der Waals surface area contributed by atoms with E-state index in [-0.39, 0.29) is 0 Å². The first-order chi connectivity index (χ1) is 8.96. The van der Waals surface area contributed by atoms with Crippen molar-refractivity contribution in [1.82, 2.24) is 10.3 Å². The Morgan fingerprint density at radius 1 is 1.26 bits per heavy atom. The van der Waals surface area contributed by atoms with Crippen LogP contribution in [0.2, 0.25) is 0 Å². The lowest BCUT2D eigenvalue weighted by Gasteiger charge is -2.19. The van der Waals surface area contributed by atoms with Gasteiger partial charge in [-0.15, -0.1) is 0 Å². The van der Waals surface area contributed by atoms with Crippen molar-refractivity contribution in [3.8, 4) is 0 Å². The van der Waals surface area contributed by atoms with Crippen LogP contribution in [0.5, 0.6) is 0 Å². The van der Waals surface area contributed by atoms with Crippen molar-refractivity contribution in [3.63, 3.8) is 0 Å². The molecule has 0 fully saturated rings. The fourth-order valence-electron chi connectivity index (χ4n) is 1.80. The Balaban J connectivity index is 2.08. The molecule has 2 rings (SSSR count). The molecule has 0 aliphatic rings. The highest BCUT2D eigenvalue weighted by atomic mass is 16.6. The number of fused-ring (bicyclic) bond motifs is 1. The van der Waals surface area contributed by atoms with Gasteiger partial charge in [0.15, 0.2) is 0 Å². The zero-order valence-corrected chi connectivity index (χ0v) is 11.4. The summed E-state index contributed by atoms with van der Waals surface area (Å²) in [5.41, 5.74) is 1.46. The van der Waals surface area contributed by atoms with Crippen molar-refractivity contribution >= 4 is 17.0 Å². The second-order valence-electron chi connectivity index (χ2n) is 5.34. The van der Waals surface area contributed by atoms with Gasteiger partial charge in [0.25, 0.3) is 0 Å². The van der Waals surface area contributed by atoms with Gasteiger partial charge < -0.3 is 10.1 Å². The second-order valence-corrected chi connectivity index (χ2v) is 5.34. The molecule has 1 heterocycles. The third kappa shape index (κ3) is 3.68. The van der Waals surface area contributed by atoms with Gasteiger partial charge in [-0.3, -0.25) is 4.98 Å². The number of carbonyl (C=O) groups excluding carboxylic acids is 1. The molecule has 0 bridgehead atoms. The number of hydrogen-bond acceptors (Lipinski definition) is 3. The number of alkyl carbamates (subject to hydrolysis) is 1. The summed E-state index contributed by atoms with van der Waals surface area (Å²) in [6.07, 6.45) is 1.35. The molecule has 1 N–H and O–H groups in total. The summed E-state index contributed by atoms with van der Waals surface area (Å²) in [7, 11) is 0. The highest BCUT2D eigenvalue weighted by molar-refractivity contribution is 5.82. The van der Waals surface area contributed by atoms with E-state index in [1.807, 2.05) is 51.1 Å². The smallest absolute Gasteiger partial charge is 0.407 e. The number of nitrogens with zero attached hydrogens (tertiary/aromatic N) is 1. The maximum Gasteiger partial charge on any atom is 0.407 e. The third-order valence-electron chi connectivity index (χ3n) is 2.56. The molecule has 0 unspecified atom stereocenters. The summed E-state index contributed by atoms with van der Waals surface area (Å²) < 4.78 is 5.21. The van der Waals surface area contributed by atoms with Crippen LogP contribution in [-0.2, 0) is 11.3 Å². The van der Waals surface area contributed by atoms with Gasteiger partial charge in [0.05, 0.1) is 5.52 Å².